The van der Waals surface area contributed by atoms with Gasteiger partial charge >= 0.3 is 0 Å². The average molecular weight is 244 g/mol. The van der Waals surface area contributed by atoms with E-state index >= 15 is 0 Å². The zero-order chi connectivity index (χ0) is 13.1. The number of aromatic nitrogens is 1. The summed E-state index contributed by atoms with van der Waals surface area (Å²) in [6.45, 7) is 1.81. The lowest BCUT2D eigenvalue weighted by Gasteiger charge is -2.12. The number of benzene rings is 1. The maximum Gasteiger partial charge on any atom is 0.140 e. The van der Waals surface area contributed by atoms with Crippen LogP contribution in [-0.2, 0) is 6.61 Å². The van der Waals surface area contributed by atoms with Gasteiger partial charge in [-0.2, -0.15) is 0 Å². The molecule has 0 aliphatic rings. The van der Waals surface area contributed by atoms with Crippen LogP contribution in [-0.4, -0.2) is 17.2 Å². The Morgan fingerprint density at radius 1 is 1.28 bits per heavy atom. The number of hydrogen-bond acceptors (Lipinski definition) is 4. The van der Waals surface area contributed by atoms with E-state index in [0.717, 1.165) is 22.4 Å². The molecule has 94 valence electrons. The van der Waals surface area contributed by atoms with Crippen LogP contribution in [0.15, 0.2) is 30.3 Å². The van der Waals surface area contributed by atoms with Gasteiger partial charge in [0.05, 0.1) is 19.4 Å². The molecule has 4 heteroatoms. The van der Waals surface area contributed by atoms with E-state index in [-0.39, 0.29) is 6.61 Å². The Kier molecular flexibility index (Phi) is 3.48. The number of hydrogen-bond donors (Lipinski definition) is 2. The van der Waals surface area contributed by atoms with E-state index in [9.17, 15) is 5.11 Å². The number of methoxy groups -OCH3 is 1. The number of nitrogen functional groups attached to an aromatic ring is 1. The third kappa shape index (κ3) is 2.15. The third-order valence-electron chi connectivity index (χ3n) is 2.89. The van der Waals surface area contributed by atoms with E-state index in [2.05, 4.69) is 4.98 Å². The quantitative estimate of drug-likeness (QED) is 0.868. The van der Waals surface area contributed by atoms with Crippen molar-refractivity contribution in [1.29, 1.82) is 0 Å². The fraction of sp³-hybridized carbons (Fsp3) is 0.214. The Bertz CT molecular complexity index is 568. The van der Waals surface area contributed by atoms with Gasteiger partial charge in [-0.25, -0.2) is 4.98 Å². The minimum Gasteiger partial charge on any atom is -0.495 e. The fourth-order valence-corrected chi connectivity index (χ4v) is 1.95. The fourth-order valence-electron chi connectivity index (χ4n) is 1.95. The molecule has 18 heavy (non-hydrogen) atoms. The number of aliphatic hydroxyl groups excluding tert-OH is 1. The molecule has 0 saturated carbocycles. The molecular weight excluding hydrogens is 228 g/mol. The molecule has 0 amide bonds. The molecule has 0 fully saturated rings. The summed E-state index contributed by atoms with van der Waals surface area (Å²) in [5, 5.41) is 9.36. The number of anilines is 1. The Balaban J connectivity index is 2.63. The summed E-state index contributed by atoms with van der Waals surface area (Å²) in [5.41, 5.74) is 9.18. The van der Waals surface area contributed by atoms with Crippen molar-refractivity contribution in [2.24, 2.45) is 0 Å². The smallest absolute Gasteiger partial charge is 0.140 e. The van der Waals surface area contributed by atoms with E-state index in [0.29, 0.717) is 11.6 Å². The molecule has 0 bridgehead atoms. The zero-order valence-electron chi connectivity index (χ0n) is 10.5. The summed E-state index contributed by atoms with van der Waals surface area (Å²) < 4.78 is 5.26. The Morgan fingerprint density at radius 2 is 2.00 bits per heavy atom. The van der Waals surface area contributed by atoms with Crippen molar-refractivity contribution < 1.29 is 9.84 Å². The van der Waals surface area contributed by atoms with Gasteiger partial charge in [-0.1, -0.05) is 24.3 Å². The summed E-state index contributed by atoms with van der Waals surface area (Å²) in [6.07, 6.45) is 0. The predicted molar refractivity (Wildman–Crippen MR) is 71.3 cm³/mol. The second kappa shape index (κ2) is 5.06. The lowest BCUT2D eigenvalue weighted by molar-refractivity contribution is 0.282. The van der Waals surface area contributed by atoms with Crippen LogP contribution < -0.4 is 10.5 Å². The Hall–Kier alpha value is -2.07. The lowest BCUT2D eigenvalue weighted by atomic mass is 10.00. The van der Waals surface area contributed by atoms with E-state index in [1.165, 1.54) is 0 Å². The van der Waals surface area contributed by atoms with Crippen LogP contribution in [0.4, 0.5) is 5.82 Å². The molecule has 0 unspecified atom stereocenters. The Labute approximate surface area is 106 Å². The summed E-state index contributed by atoms with van der Waals surface area (Å²) in [4.78, 5) is 4.27. The summed E-state index contributed by atoms with van der Waals surface area (Å²) in [5.74, 6) is 1.13. The lowest BCUT2D eigenvalue weighted by Crippen LogP contribution is -2.00. The van der Waals surface area contributed by atoms with Gasteiger partial charge in [0.25, 0.3) is 0 Å². The molecule has 0 spiro atoms. The largest absolute Gasteiger partial charge is 0.495 e. The van der Waals surface area contributed by atoms with Crippen LogP contribution in [0.2, 0.25) is 0 Å². The van der Waals surface area contributed by atoms with Crippen molar-refractivity contribution in [3.8, 4) is 16.9 Å². The van der Waals surface area contributed by atoms with Crippen molar-refractivity contribution in [2.45, 2.75) is 13.5 Å². The van der Waals surface area contributed by atoms with Gasteiger partial charge in [0, 0.05) is 5.56 Å². The second-order valence-electron chi connectivity index (χ2n) is 4.02. The molecular formula is C14H16N2O2. The molecule has 2 rings (SSSR count). The van der Waals surface area contributed by atoms with Crippen LogP contribution in [0.5, 0.6) is 5.75 Å². The van der Waals surface area contributed by atoms with Crippen LogP contribution in [0, 0.1) is 6.92 Å². The minimum absolute atomic E-state index is 0.0359. The number of ether oxygens (including phenoxy) is 1. The van der Waals surface area contributed by atoms with Crippen molar-refractivity contribution in [3.63, 3.8) is 0 Å². The van der Waals surface area contributed by atoms with E-state index in [4.69, 9.17) is 10.5 Å². The van der Waals surface area contributed by atoms with Crippen LogP contribution in [0.25, 0.3) is 11.1 Å². The SMILES string of the molecule is COc1cc(-c2ccccc2CO)c(N)nc1C. The monoisotopic (exact) mass is 244 g/mol. The number of pyridine rings is 1. The highest BCUT2D eigenvalue weighted by atomic mass is 16.5. The van der Waals surface area contributed by atoms with Crippen molar-refractivity contribution in [3.05, 3.63) is 41.6 Å². The first-order valence-electron chi connectivity index (χ1n) is 5.67. The molecule has 2 aromatic rings. The summed E-state index contributed by atoms with van der Waals surface area (Å²) >= 11 is 0. The van der Waals surface area contributed by atoms with Gasteiger partial charge < -0.3 is 15.6 Å². The van der Waals surface area contributed by atoms with Gasteiger partial charge in [0.1, 0.15) is 11.6 Å². The molecule has 4 nitrogen and oxygen atoms in total. The first-order valence-corrected chi connectivity index (χ1v) is 5.67. The average Bonchev–Trinajstić information content (AvgIpc) is 2.39. The van der Waals surface area contributed by atoms with Crippen molar-refractivity contribution >= 4 is 5.82 Å². The van der Waals surface area contributed by atoms with Crippen LogP contribution in [0.3, 0.4) is 0 Å². The highest BCUT2D eigenvalue weighted by molar-refractivity contribution is 5.77. The van der Waals surface area contributed by atoms with Crippen molar-refractivity contribution in [2.75, 3.05) is 12.8 Å². The number of nitrogens with zero attached hydrogens (tertiary/aromatic N) is 1. The predicted octanol–water partition coefficient (Wildman–Crippen LogP) is 2.14. The van der Waals surface area contributed by atoms with Gasteiger partial charge in [-0.15, -0.1) is 0 Å². The molecule has 0 saturated heterocycles. The normalized spacial score (nSPS) is 10.4. The maximum atomic E-state index is 9.36. The van der Waals surface area contributed by atoms with E-state index in [1.54, 1.807) is 7.11 Å². The van der Waals surface area contributed by atoms with Crippen LogP contribution >= 0.6 is 0 Å². The van der Waals surface area contributed by atoms with Crippen molar-refractivity contribution in [1.82, 2.24) is 4.98 Å². The standard InChI is InChI=1S/C14H16N2O2/c1-9-13(18-2)7-12(14(15)16-9)11-6-4-3-5-10(11)8-17/h3-7,17H,8H2,1-2H3,(H2,15,16). The number of aliphatic hydroxyl groups is 1. The van der Waals surface area contributed by atoms with Gasteiger partial charge in [0.15, 0.2) is 0 Å². The molecule has 0 radical (unpaired) electrons. The number of aryl methyl sites for hydroxylation is 1. The Morgan fingerprint density at radius 3 is 2.67 bits per heavy atom. The molecule has 1 aromatic heterocycles. The first kappa shape index (κ1) is 12.4. The van der Waals surface area contributed by atoms with Gasteiger partial charge in [-0.05, 0) is 24.1 Å². The van der Waals surface area contributed by atoms with Crippen LogP contribution in [0.1, 0.15) is 11.3 Å². The van der Waals surface area contributed by atoms with E-state index in [1.807, 2.05) is 37.3 Å². The second-order valence-corrected chi connectivity index (χ2v) is 4.02. The first-order chi connectivity index (χ1) is 8.67. The topological polar surface area (TPSA) is 68.4 Å². The highest BCUT2D eigenvalue weighted by Crippen LogP contribution is 2.32. The molecule has 0 aliphatic carbocycles. The molecule has 1 heterocycles. The molecule has 0 atom stereocenters. The highest BCUT2D eigenvalue weighted by Gasteiger charge is 2.11. The molecule has 3 N–H and O–H groups in total. The third-order valence-corrected chi connectivity index (χ3v) is 2.89. The molecule has 1 aromatic carbocycles. The minimum atomic E-state index is -0.0359. The zero-order valence-corrected chi connectivity index (χ0v) is 10.5. The summed E-state index contributed by atoms with van der Waals surface area (Å²) in [6, 6.07) is 9.41. The maximum absolute atomic E-state index is 9.36. The van der Waals surface area contributed by atoms with Gasteiger partial charge in [-0.3, -0.25) is 0 Å². The number of nitrogens with two attached hydrogens (primary N) is 1. The number of rotatable bonds is 3. The summed E-state index contributed by atoms with van der Waals surface area (Å²) in [7, 11) is 1.60. The molecule has 0 aliphatic heterocycles. The van der Waals surface area contributed by atoms with E-state index < -0.39 is 0 Å². The van der Waals surface area contributed by atoms with Gasteiger partial charge in [0.2, 0.25) is 0 Å².